The fraction of sp³-hybridized carbons (Fsp3) is 0.0667. The Hall–Kier alpha value is -3.22. The first-order valence-corrected chi connectivity index (χ1v) is 6.36. The quantitative estimate of drug-likeness (QED) is 0.392. The predicted molar refractivity (Wildman–Crippen MR) is 81.5 cm³/mol. The lowest BCUT2D eigenvalue weighted by Crippen LogP contribution is -2.12. The van der Waals surface area contributed by atoms with Gasteiger partial charge in [0, 0.05) is 28.9 Å². The Labute approximate surface area is 126 Å². The normalized spacial score (nSPS) is 11.0. The highest BCUT2D eigenvalue weighted by Crippen LogP contribution is 2.15. The van der Waals surface area contributed by atoms with E-state index in [0.29, 0.717) is 22.5 Å². The third-order valence-corrected chi connectivity index (χ3v) is 3.03. The van der Waals surface area contributed by atoms with Crippen LogP contribution in [0.2, 0.25) is 0 Å². The summed E-state index contributed by atoms with van der Waals surface area (Å²) in [4.78, 5) is 22.1. The molecule has 112 valence electrons. The summed E-state index contributed by atoms with van der Waals surface area (Å²) in [7, 11) is 0. The van der Waals surface area contributed by atoms with E-state index in [0.717, 1.165) is 0 Å². The molecule has 0 radical (unpaired) electrons. The Kier molecular flexibility index (Phi) is 4.47. The lowest BCUT2D eigenvalue weighted by atomic mass is 10.1. The van der Waals surface area contributed by atoms with Crippen LogP contribution < -0.4 is 5.32 Å². The number of hydrogen-bond acceptors (Lipinski definition) is 5. The zero-order valence-electron chi connectivity index (χ0n) is 11.7. The second-order valence-electron chi connectivity index (χ2n) is 4.52. The first-order valence-electron chi connectivity index (χ1n) is 6.36. The number of nitrogens with one attached hydrogen (secondary N) is 1. The summed E-state index contributed by atoms with van der Waals surface area (Å²) in [5.74, 6) is -0.384. The lowest BCUT2D eigenvalue weighted by molar-refractivity contribution is -0.384. The number of anilines is 1. The summed E-state index contributed by atoms with van der Waals surface area (Å²) in [5, 5.41) is 25.1. The molecule has 22 heavy (non-hydrogen) atoms. The number of nitrogens with zero attached hydrogens (tertiary/aromatic N) is 2. The standard InChI is InChI=1S/C15H13N3O4/c1-10(17-20)12-3-2-4-13(9-12)16-15(19)11-5-7-14(8-6-11)18(21)22/h2-9,20H,1H3,(H,16,19)/b17-10+. The van der Waals surface area contributed by atoms with Crippen LogP contribution in [0.4, 0.5) is 11.4 Å². The number of non-ortho nitro benzene ring substituents is 1. The molecular weight excluding hydrogens is 286 g/mol. The van der Waals surface area contributed by atoms with Gasteiger partial charge in [0.05, 0.1) is 10.6 Å². The van der Waals surface area contributed by atoms with Crippen molar-refractivity contribution in [1.82, 2.24) is 0 Å². The molecule has 0 heterocycles. The van der Waals surface area contributed by atoms with E-state index in [1.165, 1.54) is 24.3 Å². The Morgan fingerprint density at radius 2 is 1.86 bits per heavy atom. The van der Waals surface area contributed by atoms with Crippen LogP contribution in [0.3, 0.4) is 0 Å². The molecule has 0 bridgehead atoms. The van der Waals surface area contributed by atoms with Crippen LogP contribution >= 0.6 is 0 Å². The van der Waals surface area contributed by atoms with Crippen molar-refractivity contribution < 1.29 is 14.9 Å². The Balaban J connectivity index is 2.16. The van der Waals surface area contributed by atoms with Gasteiger partial charge in [0.25, 0.3) is 11.6 Å². The number of nitro benzene ring substituents is 1. The maximum absolute atomic E-state index is 12.1. The topological polar surface area (TPSA) is 105 Å². The van der Waals surface area contributed by atoms with Crippen molar-refractivity contribution in [1.29, 1.82) is 0 Å². The number of benzene rings is 2. The molecule has 0 unspecified atom stereocenters. The van der Waals surface area contributed by atoms with Crippen LogP contribution in [-0.4, -0.2) is 21.7 Å². The fourth-order valence-corrected chi connectivity index (χ4v) is 1.82. The average molecular weight is 299 g/mol. The Bertz CT molecular complexity index is 739. The van der Waals surface area contributed by atoms with Gasteiger partial charge in [0.2, 0.25) is 0 Å². The van der Waals surface area contributed by atoms with E-state index in [2.05, 4.69) is 10.5 Å². The number of rotatable bonds is 4. The van der Waals surface area contributed by atoms with Crippen molar-refractivity contribution in [3.05, 3.63) is 69.8 Å². The van der Waals surface area contributed by atoms with Crippen molar-refractivity contribution >= 4 is 23.0 Å². The molecule has 0 saturated heterocycles. The highest BCUT2D eigenvalue weighted by molar-refractivity contribution is 6.05. The molecule has 0 aliphatic rings. The van der Waals surface area contributed by atoms with E-state index in [9.17, 15) is 14.9 Å². The van der Waals surface area contributed by atoms with Gasteiger partial charge in [-0.05, 0) is 31.2 Å². The summed E-state index contributed by atoms with van der Waals surface area (Å²) in [6.45, 7) is 1.64. The lowest BCUT2D eigenvalue weighted by Gasteiger charge is -2.07. The summed E-state index contributed by atoms with van der Waals surface area (Å²) in [6, 6.07) is 12.1. The molecule has 1 amide bonds. The van der Waals surface area contributed by atoms with Gasteiger partial charge in [-0.1, -0.05) is 17.3 Å². The zero-order valence-corrected chi connectivity index (χ0v) is 11.7. The van der Waals surface area contributed by atoms with Gasteiger partial charge >= 0.3 is 0 Å². The molecule has 7 nitrogen and oxygen atoms in total. The average Bonchev–Trinajstić information content (AvgIpc) is 2.54. The van der Waals surface area contributed by atoms with E-state index in [4.69, 9.17) is 5.21 Å². The summed E-state index contributed by atoms with van der Waals surface area (Å²) in [5.41, 5.74) is 1.86. The van der Waals surface area contributed by atoms with Gasteiger partial charge in [-0.3, -0.25) is 14.9 Å². The minimum Gasteiger partial charge on any atom is -0.411 e. The highest BCUT2D eigenvalue weighted by Gasteiger charge is 2.10. The summed E-state index contributed by atoms with van der Waals surface area (Å²) >= 11 is 0. The van der Waals surface area contributed by atoms with Crippen LogP contribution in [0.5, 0.6) is 0 Å². The molecule has 2 N–H and O–H groups in total. The molecule has 0 fully saturated rings. The number of carbonyl (C=O) groups is 1. The second-order valence-corrected chi connectivity index (χ2v) is 4.52. The molecule has 7 heteroatoms. The highest BCUT2D eigenvalue weighted by atomic mass is 16.6. The second kappa shape index (κ2) is 6.49. The molecule has 0 saturated carbocycles. The Morgan fingerprint density at radius 1 is 1.18 bits per heavy atom. The molecule has 0 atom stereocenters. The molecule has 0 aromatic heterocycles. The first kappa shape index (κ1) is 15.2. The number of carbonyl (C=O) groups excluding carboxylic acids is 1. The minimum absolute atomic E-state index is 0.0756. The number of oxime groups is 1. The maximum Gasteiger partial charge on any atom is 0.269 e. The zero-order chi connectivity index (χ0) is 16.1. The molecule has 2 aromatic carbocycles. The van der Waals surface area contributed by atoms with E-state index >= 15 is 0 Å². The smallest absolute Gasteiger partial charge is 0.269 e. The molecular formula is C15H13N3O4. The van der Waals surface area contributed by atoms with Gasteiger partial charge in [-0.2, -0.15) is 0 Å². The van der Waals surface area contributed by atoms with E-state index in [-0.39, 0.29) is 11.6 Å². The molecule has 2 rings (SSSR count). The maximum atomic E-state index is 12.1. The van der Waals surface area contributed by atoms with E-state index in [1.54, 1.807) is 31.2 Å². The van der Waals surface area contributed by atoms with Gasteiger partial charge in [-0.15, -0.1) is 0 Å². The number of hydrogen-bond donors (Lipinski definition) is 2. The van der Waals surface area contributed by atoms with Crippen LogP contribution in [0, 0.1) is 10.1 Å². The van der Waals surface area contributed by atoms with Gasteiger partial charge in [0.1, 0.15) is 0 Å². The third-order valence-electron chi connectivity index (χ3n) is 3.03. The SMILES string of the molecule is C/C(=N\O)c1cccc(NC(=O)c2ccc([N+](=O)[O-])cc2)c1. The van der Waals surface area contributed by atoms with Crippen LogP contribution in [-0.2, 0) is 0 Å². The number of nitro groups is 1. The van der Waals surface area contributed by atoms with Gasteiger partial charge in [0.15, 0.2) is 0 Å². The minimum atomic E-state index is -0.526. The van der Waals surface area contributed by atoms with E-state index in [1.807, 2.05) is 0 Å². The van der Waals surface area contributed by atoms with Gasteiger partial charge in [-0.25, -0.2) is 0 Å². The fourth-order valence-electron chi connectivity index (χ4n) is 1.82. The number of amides is 1. The third kappa shape index (κ3) is 3.45. The van der Waals surface area contributed by atoms with Crippen LogP contribution in [0.15, 0.2) is 53.7 Å². The summed E-state index contributed by atoms with van der Waals surface area (Å²) < 4.78 is 0. The van der Waals surface area contributed by atoms with Crippen molar-refractivity contribution in [2.45, 2.75) is 6.92 Å². The van der Waals surface area contributed by atoms with Gasteiger partial charge < -0.3 is 10.5 Å². The van der Waals surface area contributed by atoms with Crippen molar-refractivity contribution in [3.63, 3.8) is 0 Å². The first-order chi connectivity index (χ1) is 10.5. The van der Waals surface area contributed by atoms with Crippen molar-refractivity contribution in [2.75, 3.05) is 5.32 Å². The van der Waals surface area contributed by atoms with E-state index < -0.39 is 4.92 Å². The van der Waals surface area contributed by atoms with Crippen molar-refractivity contribution in [3.8, 4) is 0 Å². The largest absolute Gasteiger partial charge is 0.411 e. The molecule has 0 aliphatic carbocycles. The van der Waals surface area contributed by atoms with Crippen LogP contribution in [0.25, 0.3) is 0 Å². The summed E-state index contributed by atoms with van der Waals surface area (Å²) in [6.07, 6.45) is 0. The molecule has 2 aromatic rings. The Morgan fingerprint density at radius 3 is 2.45 bits per heavy atom. The van der Waals surface area contributed by atoms with Crippen LogP contribution in [0.1, 0.15) is 22.8 Å². The molecule has 0 aliphatic heterocycles. The molecule has 0 spiro atoms. The predicted octanol–water partition coefficient (Wildman–Crippen LogP) is 3.05. The van der Waals surface area contributed by atoms with Crippen molar-refractivity contribution in [2.24, 2.45) is 5.16 Å². The monoisotopic (exact) mass is 299 g/mol.